The topological polar surface area (TPSA) is 107 Å². The van der Waals surface area contributed by atoms with Crippen LogP contribution in [0.4, 0.5) is 8.78 Å². The smallest absolute Gasteiger partial charge is 0.339 e. The minimum atomic E-state index is -1.28. The number of ether oxygens (including phenoxy) is 3. The predicted molar refractivity (Wildman–Crippen MR) is 151 cm³/mol. The maximum absolute atomic E-state index is 15.6. The van der Waals surface area contributed by atoms with Gasteiger partial charge in [0, 0.05) is 13.1 Å². The van der Waals surface area contributed by atoms with Crippen molar-refractivity contribution in [2.75, 3.05) is 27.2 Å². The van der Waals surface area contributed by atoms with E-state index in [4.69, 9.17) is 19.9 Å². The van der Waals surface area contributed by atoms with E-state index in [9.17, 15) is 9.90 Å². The highest BCUT2D eigenvalue weighted by molar-refractivity contribution is 5.91. The molecule has 10 heteroatoms. The molecule has 1 heterocycles. The van der Waals surface area contributed by atoms with E-state index in [0.717, 1.165) is 16.7 Å². The maximum Gasteiger partial charge on any atom is 0.339 e. The molecular formula is C31H31F2N3O5. The van der Waals surface area contributed by atoms with Crippen LogP contribution in [0, 0.1) is 18.6 Å². The first kappa shape index (κ1) is 29.4. The highest BCUT2D eigenvalue weighted by atomic mass is 19.1. The lowest BCUT2D eigenvalue weighted by Crippen LogP contribution is -2.16. The van der Waals surface area contributed by atoms with Gasteiger partial charge in [-0.25, -0.2) is 4.79 Å². The standard InChI is InChI=1S/C31H31F2N3O5/c1-19-11-12-24(31(37)38)25(15-19)41-30-27(33)28(39-14-6-13-36(2)3)26(32)29(35-30)40-23-10-5-9-22(17-23)21-8-4-7-20(16-21)18-34/h4-5,7-12,15-17H,6,13-14,18,34H2,1-3H3,(H,37,38). The number of carboxylic acid groups (broad SMARTS) is 1. The summed E-state index contributed by atoms with van der Waals surface area (Å²) in [6, 6.07) is 18.8. The Hall–Kier alpha value is -4.54. The van der Waals surface area contributed by atoms with Gasteiger partial charge < -0.3 is 30.0 Å². The van der Waals surface area contributed by atoms with E-state index < -0.39 is 35.1 Å². The van der Waals surface area contributed by atoms with Crippen molar-refractivity contribution in [3.05, 3.63) is 95.1 Å². The zero-order valence-electron chi connectivity index (χ0n) is 23.0. The number of benzene rings is 3. The van der Waals surface area contributed by atoms with Gasteiger partial charge >= 0.3 is 5.97 Å². The van der Waals surface area contributed by atoms with Crippen LogP contribution in [0.5, 0.6) is 29.0 Å². The Morgan fingerprint density at radius 3 is 2.32 bits per heavy atom. The summed E-state index contributed by atoms with van der Waals surface area (Å²) in [6.07, 6.45) is 0.492. The Morgan fingerprint density at radius 2 is 1.63 bits per heavy atom. The molecule has 0 amide bonds. The van der Waals surface area contributed by atoms with Gasteiger partial charge in [0.05, 0.1) is 6.61 Å². The van der Waals surface area contributed by atoms with Crippen LogP contribution in [0.1, 0.15) is 27.9 Å². The molecule has 3 aromatic carbocycles. The molecular weight excluding hydrogens is 532 g/mol. The summed E-state index contributed by atoms with van der Waals surface area (Å²) >= 11 is 0. The van der Waals surface area contributed by atoms with E-state index in [0.29, 0.717) is 25.1 Å². The van der Waals surface area contributed by atoms with Crippen molar-refractivity contribution in [3.63, 3.8) is 0 Å². The van der Waals surface area contributed by atoms with Crippen molar-refractivity contribution >= 4 is 5.97 Å². The quantitative estimate of drug-likeness (QED) is 0.191. The van der Waals surface area contributed by atoms with Gasteiger partial charge in [-0.05, 0) is 80.0 Å². The van der Waals surface area contributed by atoms with Gasteiger partial charge in [-0.15, -0.1) is 0 Å². The number of pyridine rings is 1. The lowest BCUT2D eigenvalue weighted by atomic mass is 10.0. The summed E-state index contributed by atoms with van der Waals surface area (Å²) in [7, 11) is 3.74. The summed E-state index contributed by atoms with van der Waals surface area (Å²) in [5.74, 6) is -5.62. The summed E-state index contributed by atoms with van der Waals surface area (Å²) in [5, 5.41) is 9.58. The number of nitrogens with two attached hydrogens (primary N) is 1. The highest BCUT2D eigenvalue weighted by Crippen LogP contribution is 2.39. The SMILES string of the molecule is Cc1ccc(C(=O)O)c(Oc2nc(Oc3cccc(-c4cccc(CN)c4)c3)c(F)c(OCCCN(C)C)c2F)c1. The van der Waals surface area contributed by atoms with E-state index in [1.165, 1.54) is 12.1 Å². The van der Waals surface area contributed by atoms with Crippen LogP contribution in [0.15, 0.2) is 66.7 Å². The molecule has 0 radical (unpaired) electrons. The first-order valence-corrected chi connectivity index (χ1v) is 12.9. The fraction of sp³-hybridized carbons (Fsp3) is 0.226. The molecule has 0 fully saturated rings. The number of aromatic nitrogens is 1. The van der Waals surface area contributed by atoms with Crippen molar-refractivity contribution in [2.45, 2.75) is 19.9 Å². The first-order valence-electron chi connectivity index (χ1n) is 12.9. The molecule has 0 spiro atoms. The molecule has 0 aliphatic heterocycles. The van der Waals surface area contributed by atoms with Crippen LogP contribution in [-0.2, 0) is 6.54 Å². The second kappa shape index (κ2) is 13.2. The Kier molecular flexibility index (Phi) is 9.49. The highest BCUT2D eigenvalue weighted by Gasteiger charge is 2.26. The van der Waals surface area contributed by atoms with Crippen LogP contribution < -0.4 is 19.9 Å². The third kappa shape index (κ3) is 7.36. The molecule has 214 valence electrons. The fourth-order valence-corrected chi connectivity index (χ4v) is 4.02. The fourth-order valence-electron chi connectivity index (χ4n) is 4.02. The third-order valence-corrected chi connectivity index (χ3v) is 6.09. The number of rotatable bonds is 12. The minimum absolute atomic E-state index is 0.00665. The molecule has 8 nitrogen and oxygen atoms in total. The van der Waals surface area contributed by atoms with Crippen LogP contribution >= 0.6 is 0 Å². The number of aromatic carboxylic acids is 1. The molecule has 0 saturated heterocycles. The van der Waals surface area contributed by atoms with Crippen molar-refractivity contribution < 1.29 is 32.9 Å². The Balaban J connectivity index is 1.73. The molecule has 0 unspecified atom stereocenters. The molecule has 4 aromatic rings. The summed E-state index contributed by atoms with van der Waals surface area (Å²) < 4.78 is 48.0. The Bertz CT molecular complexity index is 1540. The predicted octanol–water partition coefficient (Wildman–Crippen LogP) is 6.41. The van der Waals surface area contributed by atoms with Gasteiger partial charge in [-0.3, -0.25) is 0 Å². The lowest BCUT2D eigenvalue weighted by Gasteiger charge is -2.16. The summed E-state index contributed by atoms with van der Waals surface area (Å²) in [4.78, 5) is 17.6. The van der Waals surface area contributed by atoms with Gasteiger partial charge in [0.25, 0.3) is 11.8 Å². The third-order valence-electron chi connectivity index (χ3n) is 6.09. The average Bonchev–Trinajstić information content (AvgIpc) is 2.95. The molecule has 0 bridgehead atoms. The van der Waals surface area contributed by atoms with E-state index in [2.05, 4.69) is 4.98 Å². The lowest BCUT2D eigenvalue weighted by molar-refractivity contribution is 0.0694. The number of carbonyl (C=O) groups is 1. The second-order valence-corrected chi connectivity index (χ2v) is 9.63. The molecule has 1 aromatic heterocycles. The summed E-state index contributed by atoms with van der Waals surface area (Å²) in [5.41, 5.74) is 8.81. The molecule has 0 atom stereocenters. The van der Waals surface area contributed by atoms with Gasteiger partial charge in [0.1, 0.15) is 17.1 Å². The Labute approximate surface area is 236 Å². The number of hydrogen-bond acceptors (Lipinski definition) is 7. The monoisotopic (exact) mass is 563 g/mol. The number of aryl methyl sites for hydroxylation is 1. The van der Waals surface area contributed by atoms with Crippen LogP contribution in [0.25, 0.3) is 11.1 Å². The van der Waals surface area contributed by atoms with E-state index >= 15 is 8.78 Å². The number of carboxylic acids is 1. The van der Waals surface area contributed by atoms with Crippen molar-refractivity contribution in [1.82, 2.24) is 9.88 Å². The van der Waals surface area contributed by atoms with E-state index in [1.54, 1.807) is 31.2 Å². The molecule has 0 aliphatic rings. The van der Waals surface area contributed by atoms with E-state index in [-0.39, 0.29) is 23.7 Å². The number of halogens is 2. The summed E-state index contributed by atoms with van der Waals surface area (Å²) in [6.45, 7) is 2.73. The normalized spacial score (nSPS) is 11.0. The van der Waals surface area contributed by atoms with Crippen molar-refractivity contribution in [1.29, 1.82) is 0 Å². The van der Waals surface area contributed by atoms with Gasteiger partial charge in [0.15, 0.2) is 0 Å². The van der Waals surface area contributed by atoms with Crippen LogP contribution in [-0.4, -0.2) is 48.2 Å². The zero-order chi connectivity index (χ0) is 29.5. The number of nitrogens with zero attached hydrogens (tertiary/aromatic N) is 2. The molecule has 0 aliphatic carbocycles. The second-order valence-electron chi connectivity index (χ2n) is 9.63. The average molecular weight is 564 g/mol. The molecule has 0 saturated carbocycles. The van der Waals surface area contributed by atoms with Crippen LogP contribution in [0.2, 0.25) is 0 Å². The van der Waals surface area contributed by atoms with Crippen molar-refractivity contribution in [3.8, 4) is 40.1 Å². The van der Waals surface area contributed by atoms with E-state index in [1.807, 2.05) is 49.3 Å². The maximum atomic E-state index is 15.6. The van der Waals surface area contributed by atoms with Crippen molar-refractivity contribution in [2.24, 2.45) is 5.73 Å². The van der Waals surface area contributed by atoms with Gasteiger partial charge in [-0.1, -0.05) is 36.4 Å². The zero-order valence-corrected chi connectivity index (χ0v) is 23.0. The molecule has 41 heavy (non-hydrogen) atoms. The number of hydrogen-bond donors (Lipinski definition) is 2. The molecule has 3 N–H and O–H groups in total. The minimum Gasteiger partial charge on any atom is -0.487 e. The molecule has 4 rings (SSSR count). The Morgan fingerprint density at radius 1 is 0.951 bits per heavy atom. The first-order chi connectivity index (χ1) is 19.7. The van der Waals surface area contributed by atoms with Gasteiger partial charge in [0.2, 0.25) is 17.4 Å². The van der Waals surface area contributed by atoms with Crippen LogP contribution in [0.3, 0.4) is 0 Å². The largest absolute Gasteiger partial charge is 0.487 e. The van der Waals surface area contributed by atoms with Gasteiger partial charge in [-0.2, -0.15) is 13.8 Å².